The summed E-state index contributed by atoms with van der Waals surface area (Å²) in [5.74, 6) is 2.02. The third-order valence-corrected chi connectivity index (χ3v) is 3.73. The van der Waals surface area contributed by atoms with Crippen molar-refractivity contribution >= 4 is 0 Å². The van der Waals surface area contributed by atoms with Crippen molar-refractivity contribution in [2.24, 2.45) is 0 Å². The summed E-state index contributed by atoms with van der Waals surface area (Å²) in [6.45, 7) is 8.07. The van der Waals surface area contributed by atoms with Crippen molar-refractivity contribution in [3.63, 3.8) is 0 Å². The molecular formula is C16H20N4O. The van der Waals surface area contributed by atoms with Crippen LogP contribution in [0.5, 0.6) is 5.75 Å². The van der Waals surface area contributed by atoms with E-state index >= 15 is 0 Å². The van der Waals surface area contributed by atoms with Crippen molar-refractivity contribution in [2.45, 2.75) is 19.5 Å². The van der Waals surface area contributed by atoms with Crippen LogP contribution in [0.25, 0.3) is 0 Å². The monoisotopic (exact) mass is 284 g/mol. The lowest BCUT2D eigenvalue weighted by atomic mass is 10.2. The quantitative estimate of drug-likeness (QED) is 0.787. The van der Waals surface area contributed by atoms with Crippen LogP contribution in [0.3, 0.4) is 0 Å². The van der Waals surface area contributed by atoms with Crippen molar-refractivity contribution in [2.75, 3.05) is 19.7 Å². The molecule has 2 heterocycles. The van der Waals surface area contributed by atoms with Crippen molar-refractivity contribution in [3.05, 3.63) is 54.6 Å². The Balaban J connectivity index is 1.67. The zero-order chi connectivity index (χ0) is 14.5. The van der Waals surface area contributed by atoms with Crippen LogP contribution < -0.4 is 4.74 Å². The number of rotatable bonds is 5. The van der Waals surface area contributed by atoms with Gasteiger partial charge in [0.2, 0.25) is 0 Å². The topological polar surface area (TPSA) is 43.2 Å². The van der Waals surface area contributed by atoms with Gasteiger partial charge in [0.05, 0.1) is 0 Å². The molecule has 1 aliphatic heterocycles. The second-order valence-corrected chi connectivity index (χ2v) is 5.17. The molecule has 110 valence electrons. The summed E-state index contributed by atoms with van der Waals surface area (Å²) >= 11 is 0. The zero-order valence-electron chi connectivity index (χ0n) is 12.1. The van der Waals surface area contributed by atoms with E-state index in [1.54, 1.807) is 6.08 Å². The van der Waals surface area contributed by atoms with Crippen molar-refractivity contribution < 1.29 is 4.74 Å². The molecule has 0 aliphatic carbocycles. The summed E-state index contributed by atoms with van der Waals surface area (Å²) < 4.78 is 7.87. The summed E-state index contributed by atoms with van der Waals surface area (Å²) in [6, 6.07) is 8.21. The zero-order valence-corrected chi connectivity index (χ0v) is 12.1. The molecule has 0 bridgehead atoms. The van der Waals surface area contributed by atoms with Gasteiger partial charge in [-0.05, 0) is 6.07 Å². The van der Waals surface area contributed by atoms with Gasteiger partial charge >= 0.3 is 0 Å². The van der Waals surface area contributed by atoms with Gasteiger partial charge in [0.25, 0.3) is 0 Å². The molecule has 0 saturated carbocycles. The molecule has 1 aliphatic rings. The summed E-state index contributed by atoms with van der Waals surface area (Å²) in [6.07, 6.45) is 4.53. The Labute approximate surface area is 124 Å². The molecule has 3 rings (SSSR count). The Morgan fingerprint density at radius 2 is 2.14 bits per heavy atom. The predicted octanol–water partition coefficient (Wildman–Crippen LogP) is 1.90. The minimum Gasteiger partial charge on any atom is -0.489 e. The highest BCUT2D eigenvalue weighted by molar-refractivity contribution is 5.33. The van der Waals surface area contributed by atoms with Crippen LogP contribution >= 0.6 is 0 Å². The van der Waals surface area contributed by atoms with E-state index in [-0.39, 0.29) is 0 Å². The van der Waals surface area contributed by atoms with E-state index in [0.29, 0.717) is 6.61 Å². The Hall–Kier alpha value is -2.14. The normalized spacial score (nSPS) is 15.2. The van der Waals surface area contributed by atoms with Gasteiger partial charge in [0.1, 0.15) is 24.5 Å². The van der Waals surface area contributed by atoms with Gasteiger partial charge < -0.3 is 9.30 Å². The van der Waals surface area contributed by atoms with E-state index < -0.39 is 0 Å². The summed E-state index contributed by atoms with van der Waals surface area (Å²) in [7, 11) is 0. The average molecular weight is 284 g/mol. The third-order valence-electron chi connectivity index (χ3n) is 3.73. The highest BCUT2D eigenvalue weighted by Gasteiger charge is 2.16. The lowest BCUT2D eigenvalue weighted by molar-refractivity contribution is 0.264. The minimum atomic E-state index is 0.540. The number of ether oxygens (including phenoxy) is 1. The van der Waals surface area contributed by atoms with Crippen LogP contribution in [0.4, 0.5) is 0 Å². The molecule has 21 heavy (non-hydrogen) atoms. The number of fused-ring (bicyclic) bond motifs is 1. The van der Waals surface area contributed by atoms with Gasteiger partial charge in [0.15, 0.2) is 0 Å². The van der Waals surface area contributed by atoms with Crippen LogP contribution in [-0.2, 0) is 19.5 Å². The van der Waals surface area contributed by atoms with E-state index in [1.807, 2.05) is 18.5 Å². The lowest BCUT2D eigenvalue weighted by Gasteiger charge is -2.21. The molecule has 0 N–H and O–H groups in total. The first-order chi connectivity index (χ1) is 10.4. The minimum absolute atomic E-state index is 0.540. The second kappa shape index (κ2) is 6.54. The smallest absolute Gasteiger partial charge is 0.134 e. The van der Waals surface area contributed by atoms with E-state index in [9.17, 15) is 0 Å². The number of para-hydroxylation sites is 1. The largest absolute Gasteiger partial charge is 0.489 e. The number of benzene rings is 1. The molecule has 5 nitrogen and oxygen atoms in total. The van der Waals surface area contributed by atoms with Gasteiger partial charge in [-0.2, -0.15) is 0 Å². The number of aromatic nitrogens is 3. The molecule has 0 fully saturated rings. The SMILES string of the molecule is C=CCOc1ccccc1CN1CCc2nncn2CC1. The number of hydrogen-bond donors (Lipinski definition) is 0. The van der Waals surface area contributed by atoms with Gasteiger partial charge in [-0.15, -0.1) is 10.2 Å². The Kier molecular flexibility index (Phi) is 4.31. The maximum Gasteiger partial charge on any atom is 0.134 e. The molecule has 0 radical (unpaired) electrons. The summed E-state index contributed by atoms with van der Waals surface area (Å²) in [5.41, 5.74) is 1.22. The standard InChI is InChI=1S/C16H20N4O/c1-2-11-21-15-6-4-3-5-14(15)12-19-8-7-16-18-17-13-20(16)10-9-19/h2-6,13H,1,7-12H2. The molecule has 1 aromatic carbocycles. The van der Waals surface area contributed by atoms with E-state index in [2.05, 4.69) is 38.4 Å². The number of hydrogen-bond acceptors (Lipinski definition) is 4. The van der Waals surface area contributed by atoms with Crippen LogP contribution in [0.15, 0.2) is 43.2 Å². The molecule has 1 aromatic heterocycles. The first-order valence-corrected chi connectivity index (χ1v) is 7.27. The number of nitrogens with zero attached hydrogens (tertiary/aromatic N) is 4. The molecule has 0 atom stereocenters. The Bertz CT molecular complexity index is 585. The van der Waals surface area contributed by atoms with Gasteiger partial charge in [-0.3, -0.25) is 4.90 Å². The van der Waals surface area contributed by atoms with E-state index in [1.165, 1.54) is 5.56 Å². The van der Waals surface area contributed by atoms with Gasteiger partial charge in [-0.1, -0.05) is 30.9 Å². The van der Waals surface area contributed by atoms with Gasteiger partial charge in [0, 0.05) is 38.2 Å². The maximum atomic E-state index is 5.73. The molecule has 2 aromatic rings. The second-order valence-electron chi connectivity index (χ2n) is 5.17. The predicted molar refractivity (Wildman–Crippen MR) is 81.1 cm³/mol. The van der Waals surface area contributed by atoms with Crippen LogP contribution in [0.2, 0.25) is 0 Å². The van der Waals surface area contributed by atoms with Crippen molar-refractivity contribution in [3.8, 4) is 5.75 Å². The molecular weight excluding hydrogens is 264 g/mol. The molecule has 5 heteroatoms. The molecule has 0 saturated heterocycles. The van der Waals surface area contributed by atoms with Crippen molar-refractivity contribution in [1.82, 2.24) is 19.7 Å². The lowest BCUT2D eigenvalue weighted by Crippen LogP contribution is -2.26. The average Bonchev–Trinajstić information content (AvgIpc) is 2.88. The highest BCUT2D eigenvalue weighted by atomic mass is 16.5. The third kappa shape index (κ3) is 3.31. The maximum absolute atomic E-state index is 5.73. The Morgan fingerprint density at radius 1 is 1.24 bits per heavy atom. The van der Waals surface area contributed by atoms with E-state index in [4.69, 9.17) is 4.74 Å². The van der Waals surface area contributed by atoms with Gasteiger partial charge in [-0.25, -0.2) is 0 Å². The Morgan fingerprint density at radius 3 is 3.05 bits per heavy atom. The van der Waals surface area contributed by atoms with E-state index in [0.717, 1.165) is 44.2 Å². The van der Waals surface area contributed by atoms with Crippen molar-refractivity contribution in [1.29, 1.82) is 0 Å². The van der Waals surface area contributed by atoms with Crippen LogP contribution in [0, 0.1) is 0 Å². The summed E-state index contributed by atoms with van der Waals surface area (Å²) in [5, 5.41) is 8.13. The first-order valence-electron chi connectivity index (χ1n) is 7.27. The van der Waals surface area contributed by atoms with Crippen LogP contribution in [0.1, 0.15) is 11.4 Å². The highest BCUT2D eigenvalue weighted by Crippen LogP contribution is 2.20. The fourth-order valence-electron chi connectivity index (χ4n) is 2.60. The fraction of sp³-hybridized carbons (Fsp3) is 0.375. The van der Waals surface area contributed by atoms with Crippen LogP contribution in [-0.4, -0.2) is 39.4 Å². The molecule has 0 unspecified atom stereocenters. The fourth-order valence-corrected chi connectivity index (χ4v) is 2.60. The first kappa shape index (κ1) is 13.8. The summed E-state index contributed by atoms with van der Waals surface area (Å²) in [4.78, 5) is 2.44. The molecule has 0 spiro atoms. The molecule has 0 amide bonds.